The number of hydrogen-bond acceptors (Lipinski definition) is 4. The smallest absolute Gasteiger partial charge is 0.227 e. The van der Waals surface area contributed by atoms with E-state index in [1.54, 1.807) is 0 Å². The predicted octanol–water partition coefficient (Wildman–Crippen LogP) is 14.0. The first-order valence-corrected chi connectivity index (χ1v) is 18.5. The fourth-order valence-electron chi connectivity index (χ4n) is 8.65. The predicted molar refractivity (Wildman–Crippen MR) is 222 cm³/mol. The van der Waals surface area contributed by atoms with E-state index >= 15 is 0 Å². The SMILES string of the molecule is CC1(C)c2ccccc2-c2c(N(c3ccc(-c4ccc5ccccc5c4)cc3)c3c4oc(-c5ccccc5)nc4cc4oc5ccccc5c34)cccc21. The highest BCUT2D eigenvalue weighted by atomic mass is 16.4. The van der Waals surface area contributed by atoms with E-state index in [1.165, 1.54) is 38.6 Å². The molecule has 0 aliphatic heterocycles. The first-order chi connectivity index (χ1) is 26.5. The minimum atomic E-state index is -0.177. The van der Waals surface area contributed by atoms with Crippen molar-refractivity contribution in [2.75, 3.05) is 4.90 Å². The Morgan fingerprint density at radius 3 is 2.13 bits per heavy atom. The largest absolute Gasteiger partial charge is 0.456 e. The van der Waals surface area contributed by atoms with Gasteiger partial charge in [-0.25, -0.2) is 4.98 Å². The van der Waals surface area contributed by atoms with E-state index in [1.807, 2.05) is 48.5 Å². The maximum absolute atomic E-state index is 6.90. The zero-order valence-corrected chi connectivity index (χ0v) is 29.9. The highest BCUT2D eigenvalue weighted by Gasteiger charge is 2.38. The second-order valence-corrected chi connectivity index (χ2v) is 14.7. The number of para-hydroxylation sites is 1. The number of oxazole rings is 1. The summed E-state index contributed by atoms with van der Waals surface area (Å²) >= 11 is 0. The molecule has 0 fully saturated rings. The van der Waals surface area contributed by atoms with Gasteiger partial charge in [-0.05, 0) is 81.1 Å². The summed E-state index contributed by atoms with van der Waals surface area (Å²) in [6, 6.07) is 60.1. The molecule has 2 aromatic heterocycles. The van der Waals surface area contributed by atoms with Gasteiger partial charge in [0.1, 0.15) is 22.4 Å². The first-order valence-electron chi connectivity index (χ1n) is 18.5. The minimum Gasteiger partial charge on any atom is -0.456 e. The molecule has 2 heterocycles. The van der Waals surface area contributed by atoms with Gasteiger partial charge in [0.05, 0.1) is 11.1 Å². The van der Waals surface area contributed by atoms with Gasteiger partial charge in [-0.3, -0.25) is 0 Å². The summed E-state index contributed by atoms with van der Waals surface area (Å²) in [5.74, 6) is 0.570. The van der Waals surface area contributed by atoms with Gasteiger partial charge in [0.25, 0.3) is 0 Å². The zero-order valence-electron chi connectivity index (χ0n) is 29.9. The van der Waals surface area contributed by atoms with Gasteiger partial charge in [0.15, 0.2) is 5.58 Å². The number of anilines is 3. The van der Waals surface area contributed by atoms with Gasteiger partial charge < -0.3 is 13.7 Å². The summed E-state index contributed by atoms with van der Waals surface area (Å²) in [5.41, 5.74) is 14.1. The standard InChI is InChI=1S/C50H34N2O2/c1-50(2)39-19-10-8-17-37(39)45-40(50)20-12-21-42(45)52(36-27-25-32(26-28-36)35-24-23-31-13-6-7-16-34(31)29-35)47-46-38-18-9-11-22-43(38)53-44(46)30-41-48(47)54-49(51-41)33-14-4-3-5-15-33/h3-30H,1-2H3. The van der Waals surface area contributed by atoms with Crippen molar-refractivity contribution in [1.82, 2.24) is 4.98 Å². The number of aromatic nitrogens is 1. The zero-order chi connectivity index (χ0) is 36.0. The van der Waals surface area contributed by atoms with Crippen molar-refractivity contribution in [2.24, 2.45) is 0 Å². The number of nitrogens with zero attached hydrogens (tertiary/aromatic N) is 2. The molecular weight excluding hydrogens is 661 g/mol. The van der Waals surface area contributed by atoms with Gasteiger partial charge in [-0.2, -0.15) is 0 Å². The highest BCUT2D eigenvalue weighted by Crippen LogP contribution is 2.56. The van der Waals surface area contributed by atoms with E-state index in [2.05, 4.69) is 140 Å². The summed E-state index contributed by atoms with van der Waals surface area (Å²) in [5, 5.41) is 4.46. The van der Waals surface area contributed by atoms with Crippen molar-refractivity contribution in [3.05, 3.63) is 181 Å². The molecule has 10 aromatic rings. The van der Waals surface area contributed by atoms with Crippen LogP contribution in [0.5, 0.6) is 0 Å². The molecule has 11 rings (SSSR count). The van der Waals surface area contributed by atoms with Gasteiger partial charge >= 0.3 is 0 Å². The molecule has 0 saturated carbocycles. The first kappa shape index (κ1) is 30.7. The second kappa shape index (κ2) is 11.5. The van der Waals surface area contributed by atoms with Crippen LogP contribution in [0.25, 0.3) is 77.5 Å². The molecule has 54 heavy (non-hydrogen) atoms. The summed E-state index contributed by atoms with van der Waals surface area (Å²) in [6.45, 7) is 4.66. The van der Waals surface area contributed by atoms with Crippen molar-refractivity contribution in [3.63, 3.8) is 0 Å². The molecule has 4 nitrogen and oxygen atoms in total. The topological polar surface area (TPSA) is 42.4 Å². The Kier molecular flexibility index (Phi) is 6.56. The number of fused-ring (bicyclic) bond motifs is 8. The molecule has 256 valence electrons. The van der Waals surface area contributed by atoms with Gasteiger partial charge in [-0.15, -0.1) is 0 Å². The van der Waals surface area contributed by atoms with Crippen LogP contribution in [0.15, 0.2) is 179 Å². The van der Waals surface area contributed by atoms with Crippen molar-refractivity contribution < 1.29 is 8.83 Å². The molecule has 0 unspecified atom stereocenters. The Morgan fingerprint density at radius 1 is 0.537 bits per heavy atom. The van der Waals surface area contributed by atoms with E-state index in [4.69, 9.17) is 13.8 Å². The summed E-state index contributed by atoms with van der Waals surface area (Å²) in [7, 11) is 0. The second-order valence-electron chi connectivity index (χ2n) is 14.7. The van der Waals surface area contributed by atoms with E-state index in [-0.39, 0.29) is 5.41 Å². The van der Waals surface area contributed by atoms with Crippen molar-refractivity contribution >= 4 is 60.9 Å². The molecule has 0 bridgehead atoms. The lowest BCUT2D eigenvalue weighted by Crippen LogP contribution is -2.16. The molecule has 0 N–H and O–H groups in total. The van der Waals surface area contributed by atoms with Crippen LogP contribution in [0, 0.1) is 0 Å². The fourth-order valence-corrected chi connectivity index (χ4v) is 8.65. The Hall–Kier alpha value is -6.91. The van der Waals surface area contributed by atoms with Gasteiger partial charge in [0, 0.05) is 33.7 Å². The Morgan fingerprint density at radius 2 is 1.26 bits per heavy atom. The van der Waals surface area contributed by atoms with Crippen molar-refractivity contribution in [2.45, 2.75) is 19.3 Å². The third kappa shape index (κ3) is 4.53. The average Bonchev–Trinajstić information content (AvgIpc) is 3.89. The molecule has 0 radical (unpaired) electrons. The quantitative estimate of drug-likeness (QED) is 0.180. The molecular formula is C50H34N2O2. The van der Waals surface area contributed by atoms with Crippen LogP contribution >= 0.6 is 0 Å². The Balaban J connectivity index is 1.22. The molecule has 4 heteroatoms. The van der Waals surface area contributed by atoms with E-state index in [0.29, 0.717) is 11.5 Å². The highest BCUT2D eigenvalue weighted by molar-refractivity contribution is 6.21. The monoisotopic (exact) mass is 694 g/mol. The van der Waals surface area contributed by atoms with Crippen LogP contribution in [-0.2, 0) is 5.41 Å². The van der Waals surface area contributed by atoms with Crippen molar-refractivity contribution in [1.29, 1.82) is 0 Å². The molecule has 1 aliphatic carbocycles. The van der Waals surface area contributed by atoms with Crippen LogP contribution in [0.1, 0.15) is 25.0 Å². The van der Waals surface area contributed by atoms with Crippen LogP contribution < -0.4 is 4.90 Å². The third-order valence-electron chi connectivity index (χ3n) is 11.3. The normalized spacial score (nSPS) is 13.1. The molecule has 8 aromatic carbocycles. The van der Waals surface area contributed by atoms with Crippen LogP contribution in [0.3, 0.4) is 0 Å². The lowest BCUT2D eigenvalue weighted by molar-refractivity contribution is 0.620. The molecule has 0 spiro atoms. The molecule has 0 atom stereocenters. The van der Waals surface area contributed by atoms with Crippen LogP contribution in [0.2, 0.25) is 0 Å². The maximum atomic E-state index is 6.90. The lowest BCUT2D eigenvalue weighted by Gasteiger charge is -2.29. The molecule has 0 saturated heterocycles. The van der Waals surface area contributed by atoms with Gasteiger partial charge in [0.2, 0.25) is 5.89 Å². The minimum absolute atomic E-state index is 0.177. The number of benzene rings is 8. The van der Waals surface area contributed by atoms with Gasteiger partial charge in [-0.1, -0.05) is 135 Å². The van der Waals surface area contributed by atoms with E-state index in [9.17, 15) is 0 Å². The number of furan rings is 1. The third-order valence-corrected chi connectivity index (χ3v) is 11.3. The molecule has 1 aliphatic rings. The maximum Gasteiger partial charge on any atom is 0.227 e. The van der Waals surface area contributed by atoms with E-state index in [0.717, 1.165) is 55.6 Å². The summed E-state index contributed by atoms with van der Waals surface area (Å²) < 4.78 is 13.5. The van der Waals surface area contributed by atoms with E-state index < -0.39 is 0 Å². The Bertz CT molecular complexity index is 3080. The number of hydrogen-bond donors (Lipinski definition) is 0. The lowest BCUT2D eigenvalue weighted by atomic mass is 9.82. The fraction of sp³-hybridized carbons (Fsp3) is 0.0600. The van der Waals surface area contributed by atoms with Crippen molar-refractivity contribution in [3.8, 4) is 33.7 Å². The molecule has 0 amide bonds. The van der Waals surface area contributed by atoms with Crippen LogP contribution in [0.4, 0.5) is 17.1 Å². The summed E-state index contributed by atoms with van der Waals surface area (Å²) in [4.78, 5) is 7.47. The van der Waals surface area contributed by atoms with Crippen LogP contribution in [-0.4, -0.2) is 4.98 Å². The number of rotatable bonds is 5. The summed E-state index contributed by atoms with van der Waals surface area (Å²) in [6.07, 6.45) is 0. The average molecular weight is 695 g/mol. The Labute approximate surface area is 312 Å².